The lowest BCUT2D eigenvalue weighted by Gasteiger charge is -2.05. The van der Waals surface area contributed by atoms with E-state index in [1.165, 1.54) is 37.5 Å². The molecule has 1 saturated carbocycles. The molecule has 1 fully saturated rings. The fourth-order valence-corrected chi connectivity index (χ4v) is 1.97. The van der Waals surface area contributed by atoms with Crippen molar-refractivity contribution in [3.8, 4) is 0 Å². The van der Waals surface area contributed by atoms with Gasteiger partial charge >= 0.3 is 0 Å². The normalized spacial score (nSPS) is 14.7. The summed E-state index contributed by atoms with van der Waals surface area (Å²) in [4.78, 5) is 11.9. The molecule has 2 nitrogen and oxygen atoms in total. The van der Waals surface area contributed by atoms with Crippen LogP contribution in [0, 0.1) is 11.7 Å². The van der Waals surface area contributed by atoms with Crippen molar-refractivity contribution in [2.24, 2.45) is 5.92 Å². The molecule has 0 aliphatic heterocycles. The van der Waals surface area contributed by atoms with Crippen molar-refractivity contribution < 1.29 is 9.18 Å². The molecule has 0 spiro atoms. The van der Waals surface area contributed by atoms with Gasteiger partial charge in [-0.1, -0.05) is 12.8 Å². The largest absolute Gasteiger partial charge is 0.352 e. The van der Waals surface area contributed by atoms with Crippen LogP contribution in [-0.2, 0) is 0 Å². The zero-order valence-electron chi connectivity index (χ0n) is 9.58. The van der Waals surface area contributed by atoms with Gasteiger partial charge in [-0.25, -0.2) is 4.39 Å². The van der Waals surface area contributed by atoms with E-state index in [4.69, 9.17) is 0 Å². The van der Waals surface area contributed by atoms with Crippen LogP contribution >= 0.6 is 12.6 Å². The summed E-state index contributed by atoms with van der Waals surface area (Å²) in [7, 11) is 0. The van der Waals surface area contributed by atoms with Gasteiger partial charge in [0.15, 0.2) is 0 Å². The Morgan fingerprint density at radius 2 is 2.24 bits per heavy atom. The smallest absolute Gasteiger partial charge is 0.251 e. The maximum atomic E-state index is 13.0. The molecule has 1 amide bonds. The third-order valence-corrected chi connectivity index (χ3v) is 3.32. The molecular weight excluding hydrogens is 237 g/mol. The summed E-state index contributed by atoms with van der Waals surface area (Å²) in [6, 6.07) is 4.20. The van der Waals surface area contributed by atoms with Gasteiger partial charge < -0.3 is 5.32 Å². The van der Waals surface area contributed by atoms with Gasteiger partial charge in [-0.15, -0.1) is 12.6 Å². The van der Waals surface area contributed by atoms with E-state index in [2.05, 4.69) is 17.9 Å². The Morgan fingerprint density at radius 1 is 1.47 bits per heavy atom. The van der Waals surface area contributed by atoms with Crippen LogP contribution < -0.4 is 5.32 Å². The van der Waals surface area contributed by atoms with Crippen LogP contribution in [0.4, 0.5) is 4.39 Å². The minimum atomic E-state index is -0.404. The predicted molar refractivity (Wildman–Crippen MR) is 67.9 cm³/mol. The van der Waals surface area contributed by atoms with Gasteiger partial charge in [0.25, 0.3) is 5.91 Å². The number of halogens is 1. The molecule has 1 aliphatic rings. The summed E-state index contributed by atoms with van der Waals surface area (Å²) >= 11 is 3.95. The summed E-state index contributed by atoms with van der Waals surface area (Å²) in [6.07, 6.45) is 4.90. The number of carbonyl (C=O) groups excluding carboxylic acids is 1. The fraction of sp³-hybridized carbons (Fsp3) is 0.462. The Morgan fingerprint density at radius 3 is 2.88 bits per heavy atom. The van der Waals surface area contributed by atoms with Crippen molar-refractivity contribution >= 4 is 18.5 Å². The number of amides is 1. The average molecular weight is 253 g/mol. The highest BCUT2D eigenvalue weighted by Gasteiger charge is 2.20. The minimum absolute atomic E-state index is 0.156. The zero-order chi connectivity index (χ0) is 12.3. The standard InChI is InChI=1S/C13H16FNOS/c14-11-6-5-10(8-12(11)17)13(16)15-7-1-2-9-3-4-9/h5-6,8-9,17H,1-4,7H2,(H,15,16). The average Bonchev–Trinajstić information content (AvgIpc) is 3.12. The first-order valence-corrected chi connectivity index (χ1v) is 6.38. The lowest BCUT2D eigenvalue weighted by molar-refractivity contribution is 0.0952. The van der Waals surface area contributed by atoms with Crippen LogP contribution in [-0.4, -0.2) is 12.5 Å². The summed E-state index contributed by atoms with van der Waals surface area (Å²) in [5.74, 6) is 0.330. The highest BCUT2D eigenvalue weighted by Crippen LogP contribution is 2.33. The first kappa shape index (κ1) is 12.4. The van der Waals surface area contributed by atoms with Crippen molar-refractivity contribution in [1.82, 2.24) is 5.32 Å². The second-order valence-electron chi connectivity index (χ2n) is 4.51. The number of benzene rings is 1. The molecule has 0 bridgehead atoms. The van der Waals surface area contributed by atoms with E-state index in [0.29, 0.717) is 12.1 Å². The van der Waals surface area contributed by atoms with Crippen LogP contribution in [0.1, 0.15) is 36.0 Å². The molecule has 4 heteroatoms. The molecule has 0 atom stereocenters. The molecule has 1 N–H and O–H groups in total. The highest BCUT2D eigenvalue weighted by molar-refractivity contribution is 7.80. The molecule has 1 aromatic rings. The molecule has 0 heterocycles. The molecule has 17 heavy (non-hydrogen) atoms. The van der Waals surface area contributed by atoms with Crippen molar-refractivity contribution in [3.63, 3.8) is 0 Å². The van der Waals surface area contributed by atoms with Crippen LogP contribution in [0.25, 0.3) is 0 Å². The Hall–Kier alpha value is -1.03. The Bertz CT molecular complexity index is 418. The first-order valence-electron chi connectivity index (χ1n) is 5.93. The Balaban J connectivity index is 1.79. The third kappa shape index (κ3) is 3.73. The molecular formula is C13H16FNOS. The van der Waals surface area contributed by atoms with E-state index >= 15 is 0 Å². The van der Waals surface area contributed by atoms with Crippen molar-refractivity contribution in [2.75, 3.05) is 6.54 Å². The van der Waals surface area contributed by atoms with Gasteiger partial charge in [0.05, 0.1) is 0 Å². The molecule has 0 unspecified atom stereocenters. The highest BCUT2D eigenvalue weighted by atomic mass is 32.1. The monoisotopic (exact) mass is 253 g/mol. The quantitative estimate of drug-likeness (QED) is 0.613. The minimum Gasteiger partial charge on any atom is -0.352 e. The molecule has 0 aromatic heterocycles. The molecule has 2 rings (SSSR count). The number of thiol groups is 1. The SMILES string of the molecule is O=C(NCCCC1CC1)c1ccc(F)c(S)c1. The van der Waals surface area contributed by atoms with Gasteiger partial charge in [-0.05, 0) is 37.0 Å². The number of hydrogen-bond donors (Lipinski definition) is 2. The predicted octanol–water partition coefficient (Wildman–Crippen LogP) is 3.03. The summed E-state index contributed by atoms with van der Waals surface area (Å²) in [5, 5.41) is 2.83. The summed E-state index contributed by atoms with van der Waals surface area (Å²) in [5.41, 5.74) is 0.461. The van der Waals surface area contributed by atoms with Gasteiger partial charge in [0, 0.05) is 17.0 Å². The lowest BCUT2D eigenvalue weighted by atomic mass is 10.2. The number of hydrogen-bond acceptors (Lipinski definition) is 2. The van der Waals surface area contributed by atoms with Crippen molar-refractivity contribution in [1.29, 1.82) is 0 Å². The zero-order valence-corrected chi connectivity index (χ0v) is 10.5. The second kappa shape index (κ2) is 5.54. The van der Waals surface area contributed by atoms with Crippen molar-refractivity contribution in [2.45, 2.75) is 30.6 Å². The summed E-state index contributed by atoms with van der Waals surface area (Å²) in [6.45, 7) is 0.689. The molecule has 0 radical (unpaired) electrons. The van der Waals surface area contributed by atoms with Crippen LogP contribution in [0.3, 0.4) is 0 Å². The van der Waals surface area contributed by atoms with E-state index in [1.807, 2.05) is 0 Å². The molecule has 92 valence electrons. The first-order chi connectivity index (χ1) is 8.16. The van der Waals surface area contributed by atoms with E-state index in [0.717, 1.165) is 12.3 Å². The van der Waals surface area contributed by atoms with E-state index < -0.39 is 5.82 Å². The third-order valence-electron chi connectivity index (χ3n) is 2.98. The molecule has 0 saturated heterocycles. The van der Waals surface area contributed by atoms with E-state index in [-0.39, 0.29) is 10.8 Å². The Labute approximate surface area is 106 Å². The number of rotatable bonds is 5. The fourth-order valence-electron chi connectivity index (χ4n) is 1.76. The van der Waals surface area contributed by atoms with E-state index in [1.54, 1.807) is 0 Å². The van der Waals surface area contributed by atoms with Gasteiger partial charge in [-0.3, -0.25) is 4.79 Å². The second-order valence-corrected chi connectivity index (χ2v) is 4.99. The van der Waals surface area contributed by atoms with Crippen molar-refractivity contribution in [3.05, 3.63) is 29.6 Å². The molecule has 1 aromatic carbocycles. The summed E-state index contributed by atoms with van der Waals surface area (Å²) < 4.78 is 13.0. The van der Waals surface area contributed by atoms with Crippen LogP contribution in [0.2, 0.25) is 0 Å². The lowest BCUT2D eigenvalue weighted by Crippen LogP contribution is -2.24. The molecule has 1 aliphatic carbocycles. The van der Waals surface area contributed by atoms with Crippen LogP contribution in [0.5, 0.6) is 0 Å². The van der Waals surface area contributed by atoms with Gasteiger partial charge in [-0.2, -0.15) is 0 Å². The van der Waals surface area contributed by atoms with Gasteiger partial charge in [0.1, 0.15) is 5.82 Å². The topological polar surface area (TPSA) is 29.1 Å². The number of nitrogens with one attached hydrogen (secondary N) is 1. The maximum Gasteiger partial charge on any atom is 0.251 e. The Kier molecular flexibility index (Phi) is 4.05. The van der Waals surface area contributed by atoms with E-state index in [9.17, 15) is 9.18 Å². The van der Waals surface area contributed by atoms with Gasteiger partial charge in [0.2, 0.25) is 0 Å². The maximum absolute atomic E-state index is 13.0. The number of carbonyl (C=O) groups is 1. The van der Waals surface area contributed by atoms with Crippen LogP contribution in [0.15, 0.2) is 23.1 Å².